The molecule has 0 amide bonds. The first kappa shape index (κ1) is 25.4. The van der Waals surface area contributed by atoms with Gasteiger partial charge in [-0.2, -0.15) is 0 Å². The van der Waals surface area contributed by atoms with Crippen LogP contribution in [0.1, 0.15) is 102 Å². The Morgan fingerprint density at radius 1 is 0.886 bits per heavy atom. The normalized spacial score (nSPS) is 42.0. The molecule has 1 spiro atoms. The van der Waals surface area contributed by atoms with Crippen molar-refractivity contribution in [2.75, 3.05) is 13.1 Å². The third-order valence-corrected chi connectivity index (χ3v) is 14.6. The number of aromatic hydroxyl groups is 1. The molecule has 1 unspecified atom stereocenters. The predicted octanol–water partition coefficient (Wildman–Crippen LogP) is 5.10. The number of hydrogen-bond donors (Lipinski definition) is 4. The second-order valence-electron chi connectivity index (χ2n) is 16.1. The van der Waals surface area contributed by atoms with Gasteiger partial charge in [0, 0.05) is 53.6 Å². The van der Waals surface area contributed by atoms with Crippen LogP contribution in [-0.2, 0) is 36.5 Å². The molecule has 44 heavy (non-hydrogen) atoms. The van der Waals surface area contributed by atoms with E-state index in [1.165, 1.54) is 46.4 Å². The number of nitrogens with one attached hydrogen (secondary N) is 1. The quantitative estimate of drug-likeness (QED) is 0.334. The number of aromatic amines is 1. The third kappa shape index (κ3) is 2.57. The molecular formula is C38H42N2O4. The van der Waals surface area contributed by atoms with Crippen LogP contribution >= 0.6 is 0 Å². The minimum absolute atomic E-state index is 0.00826. The van der Waals surface area contributed by atoms with Crippen molar-refractivity contribution in [2.45, 2.75) is 111 Å². The Labute approximate surface area is 258 Å². The van der Waals surface area contributed by atoms with Gasteiger partial charge in [0.05, 0.1) is 22.3 Å². The van der Waals surface area contributed by atoms with Crippen LogP contribution in [0.15, 0.2) is 36.4 Å². The van der Waals surface area contributed by atoms with E-state index in [0.717, 1.165) is 74.5 Å². The van der Waals surface area contributed by atoms with Crippen molar-refractivity contribution >= 4 is 0 Å². The van der Waals surface area contributed by atoms with Crippen LogP contribution in [0, 0.1) is 11.8 Å². The van der Waals surface area contributed by atoms with Crippen LogP contribution in [0.5, 0.6) is 11.5 Å². The molecule has 4 bridgehead atoms. The Bertz CT molecular complexity index is 1790. The van der Waals surface area contributed by atoms with Crippen molar-refractivity contribution in [1.82, 2.24) is 9.88 Å². The van der Waals surface area contributed by atoms with Gasteiger partial charge < -0.3 is 25.0 Å². The Morgan fingerprint density at radius 2 is 1.66 bits per heavy atom. The minimum atomic E-state index is -1.01. The highest BCUT2D eigenvalue weighted by Crippen LogP contribution is 2.71. The van der Waals surface area contributed by atoms with Crippen molar-refractivity contribution in [3.63, 3.8) is 0 Å². The second-order valence-corrected chi connectivity index (χ2v) is 16.1. The zero-order valence-electron chi connectivity index (χ0n) is 25.5. The number of hydrogen-bond acceptors (Lipinski definition) is 5. The summed E-state index contributed by atoms with van der Waals surface area (Å²) in [5.74, 6) is 2.22. The summed E-state index contributed by atoms with van der Waals surface area (Å²) in [5, 5.41) is 37.9. The fourth-order valence-corrected chi connectivity index (χ4v) is 12.7. The first-order valence-electron chi connectivity index (χ1n) is 17.3. The number of likely N-dealkylation sites (tertiary alicyclic amines) is 1. The smallest absolute Gasteiger partial charge is 0.151 e. The highest BCUT2D eigenvalue weighted by molar-refractivity contribution is 5.63. The number of phenolic OH excluding ortho intramolecular Hbond substituents is 1. The van der Waals surface area contributed by atoms with E-state index in [4.69, 9.17) is 4.74 Å². The SMILES string of the molecule is CC1c2[nH]c3c(c2C[C@@]2(O)[C@H]4Cc5cccc(O)c5[C@@]12CCN4CC1CC1)C[C@@]1(O)[C@@H]2CCC[C@@]14c1c(cccc1O[C@@H]34)C2. The van der Waals surface area contributed by atoms with Crippen LogP contribution in [0.4, 0.5) is 0 Å². The molecule has 4 N–H and O–H groups in total. The molecule has 2 aliphatic heterocycles. The lowest BCUT2D eigenvalue weighted by Gasteiger charge is -2.65. The van der Waals surface area contributed by atoms with Crippen molar-refractivity contribution in [3.8, 4) is 11.5 Å². The maximum atomic E-state index is 13.4. The summed E-state index contributed by atoms with van der Waals surface area (Å²) in [6, 6.07) is 12.5. The standard InChI is InChI=1S/C38H42N2O4/c1-20-32-25(18-38(43)29-16-23-5-2-8-27(41)30(23)35(20,38)13-14-40(29)19-21-10-11-21)26-17-37(42)24-7-4-12-36(37)31-22(15-24)6-3-9-28(31)44-34(36)33(26)39-32/h2-3,5-6,8-9,20-21,24,29,34,39,41-43H,4,7,10-19H2,1H3/t20?,24-,29-,34+,35-,36+,37-,38-/m1/s1. The van der Waals surface area contributed by atoms with Crippen molar-refractivity contribution in [2.24, 2.45) is 11.8 Å². The minimum Gasteiger partial charge on any atom is -0.508 e. The molecule has 1 aromatic heterocycles. The summed E-state index contributed by atoms with van der Waals surface area (Å²) in [6.07, 6.45) is 9.14. The van der Waals surface area contributed by atoms with Gasteiger partial charge in [-0.05, 0) is 97.7 Å². The summed E-state index contributed by atoms with van der Waals surface area (Å²) >= 11 is 0. The molecule has 11 rings (SSSR count). The molecule has 8 atom stereocenters. The van der Waals surface area contributed by atoms with Crippen LogP contribution in [-0.4, -0.2) is 55.5 Å². The number of piperidine rings is 1. The highest BCUT2D eigenvalue weighted by Gasteiger charge is 2.73. The summed E-state index contributed by atoms with van der Waals surface area (Å²) in [7, 11) is 0. The van der Waals surface area contributed by atoms with Gasteiger partial charge in [-0.25, -0.2) is 0 Å². The first-order chi connectivity index (χ1) is 21.3. The second kappa shape index (κ2) is 7.76. The monoisotopic (exact) mass is 590 g/mol. The lowest BCUT2D eigenvalue weighted by molar-refractivity contribution is -0.161. The van der Waals surface area contributed by atoms with Gasteiger partial charge in [-0.15, -0.1) is 0 Å². The molecule has 228 valence electrons. The molecule has 2 saturated carbocycles. The van der Waals surface area contributed by atoms with Gasteiger partial charge in [-0.3, -0.25) is 4.90 Å². The van der Waals surface area contributed by atoms with E-state index in [2.05, 4.69) is 41.1 Å². The van der Waals surface area contributed by atoms with Gasteiger partial charge >= 0.3 is 0 Å². The molecule has 3 fully saturated rings. The number of benzene rings is 2. The van der Waals surface area contributed by atoms with E-state index in [-0.39, 0.29) is 24.0 Å². The number of phenols is 1. The van der Waals surface area contributed by atoms with Gasteiger partial charge in [0.1, 0.15) is 11.5 Å². The van der Waals surface area contributed by atoms with Crippen LogP contribution in [0.3, 0.4) is 0 Å². The number of H-pyrrole nitrogens is 1. The fourth-order valence-electron chi connectivity index (χ4n) is 12.7. The summed E-state index contributed by atoms with van der Waals surface area (Å²) < 4.78 is 6.95. The number of aromatic nitrogens is 1. The lowest BCUT2D eigenvalue weighted by Crippen LogP contribution is -2.75. The molecule has 8 aliphatic rings. The van der Waals surface area contributed by atoms with E-state index in [1.807, 2.05) is 12.1 Å². The average molecular weight is 591 g/mol. The topological polar surface area (TPSA) is 89.0 Å². The Kier molecular flexibility index (Phi) is 4.48. The predicted molar refractivity (Wildman–Crippen MR) is 165 cm³/mol. The maximum absolute atomic E-state index is 13.4. The molecule has 6 nitrogen and oxygen atoms in total. The number of ether oxygens (including phenoxy) is 1. The number of aliphatic hydroxyl groups is 2. The molecule has 2 aromatic carbocycles. The van der Waals surface area contributed by atoms with E-state index in [1.54, 1.807) is 0 Å². The van der Waals surface area contributed by atoms with Gasteiger partial charge in [0.2, 0.25) is 0 Å². The van der Waals surface area contributed by atoms with Gasteiger partial charge in [0.15, 0.2) is 6.10 Å². The van der Waals surface area contributed by atoms with Gasteiger partial charge in [0.25, 0.3) is 0 Å². The van der Waals surface area contributed by atoms with Gasteiger partial charge in [-0.1, -0.05) is 37.6 Å². The Balaban J connectivity index is 1.14. The Hall–Kier alpha value is -2.80. The van der Waals surface area contributed by atoms with Crippen LogP contribution < -0.4 is 4.74 Å². The lowest BCUT2D eigenvalue weighted by atomic mass is 9.44. The third-order valence-electron chi connectivity index (χ3n) is 14.6. The summed E-state index contributed by atoms with van der Waals surface area (Å²) in [4.78, 5) is 6.60. The van der Waals surface area contributed by atoms with E-state index in [0.29, 0.717) is 18.6 Å². The number of rotatable bonds is 2. The number of fused-ring (bicyclic) bond motifs is 5. The highest BCUT2D eigenvalue weighted by atomic mass is 16.5. The van der Waals surface area contributed by atoms with Crippen molar-refractivity contribution in [1.29, 1.82) is 0 Å². The molecule has 6 aliphatic carbocycles. The molecule has 1 saturated heterocycles. The van der Waals surface area contributed by atoms with Crippen LogP contribution in [0.2, 0.25) is 0 Å². The van der Waals surface area contributed by atoms with E-state index < -0.39 is 22.0 Å². The van der Waals surface area contributed by atoms with Crippen LogP contribution in [0.25, 0.3) is 0 Å². The number of nitrogens with zero attached hydrogens (tertiary/aromatic N) is 1. The fraction of sp³-hybridized carbons (Fsp3) is 0.579. The molecule has 0 radical (unpaired) electrons. The largest absolute Gasteiger partial charge is 0.508 e. The zero-order chi connectivity index (χ0) is 29.4. The average Bonchev–Trinajstić information content (AvgIpc) is 3.65. The molecule has 6 heteroatoms. The molecular weight excluding hydrogens is 548 g/mol. The van der Waals surface area contributed by atoms with E-state index in [9.17, 15) is 15.3 Å². The van der Waals surface area contributed by atoms with E-state index >= 15 is 0 Å². The maximum Gasteiger partial charge on any atom is 0.151 e. The Morgan fingerprint density at radius 3 is 2.50 bits per heavy atom. The molecule has 3 heterocycles. The van der Waals surface area contributed by atoms with Crippen molar-refractivity contribution < 1.29 is 20.1 Å². The van der Waals surface area contributed by atoms with Crippen molar-refractivity contribution in [3.05, 3.63) is 81.2 Å². The first-order valence-corrected chi connectivity index (χ1v) is 17.3. The zero-order valence-corrected chi connectivity index (χ0v) is 25.5. The molecule has 3 aromatic rings. The summed E-state index contributed by atoms with van der Waals surface area (Å²) in [6.45, 7) is 4.30. The summed E-state index contributed by atoms with van der Waals surface area (Å²) in [5.41, 5.74) is 6.68.